The zero-order chi connectivity index (χ0) is 24.3. The summed E-state index contributed by atoms with van der Waals surface area (Å²) in [5.74, 6) is 1.32. The largest absolute Gasteiger partial charge is 0.474 e. The lowest BCUT2D eigenvalue weighted by atomic mass is 9.87. The van der Waals surface area contributed by atoms with Gasteiger partial charge in [0.1, 0.15) is 11.9 Å². The van der Waals surface area contributed by atoms with Crippen LogP contribution < -0.4 is 10.1 Å². The van der Waals surface area contributed by atoms with Crippen LogP contribution in [0.3, 0.4) is 0 Å². The lowest BCUT2D eigenvalue weighted by Gasteiger charge is -2.27. The first-order chi connectivity index (χ1) is 17.7. The number of anilines is 1. The van der Waals surface area contributed by atoms with Crippen LogP contribution in [0.1, 0.15) is 25.7 Å². The summed E-state index contributed by atoms with van der Waals surface area (Å²) in [5.41, 5.74) is 4.35. The number of aromatic amines is 2. The van der Waals surface area contributed by atoms with Gasteiger partial charge < -0.3 is 9.72 Å². The Morgan fingerprint density at radius 3 is 2.56 bits per heavy atom. The predicted octanol–water partition coefficient (Wildman–Crippen LogP) is 3.38. The van der Waals surface area contributed by atoms with Crippen molar-refractivity contribution in [3.63, 3.8) is 0 Å². The molecule has 3 N–H and O–H groups in total. The van der Waals surface area contributed by atoms with E-state index in [1.807, 2.05) is 30.3 Å². The topological polar surface area (TPSA) is 147 Å². The lowest BCUT2D eigenvalue weighted by Crippen LogP contribution is -2.31. The Bertz CT molecular complexity index is 1420. The highest BCUT2D eigenvalue weighted by Crippen LogP contribution is 2.29. The maximum Gasteiger partial charge on any atom is 0.269 e. The summed E-state index contributed by atoms with van der Waals surface area (Å²) in [6, 6.07) is 17.2. The van der Waals surface area contributed by atoms with Crippen LogP contribution in [-0.4, -0.2) is 52.6 Å². The highest BCUT2D eigenvalue weighted by molar-refractivity contribution is 5.90. The molecule has 0 radical (unpaired) electrons. The van der Waals surface area contributed by atoms with Crippen LogP contribution in [0.15, 0.2) is 48.8 Å². The first-order valence-corrected chi connectivity index (χ1v) is 11.6. The van der Waals surface area contributed by atoms with Crippen LogP contribution in [0.5, 0.6) is 5.88 Å². The number of pyridine rings is 2. The number of hydrogen-bond donors (Lipinski definition) is 3. The number of carbonyl (C=O) groups excluding carboxylic acids is 1. The molecule has 11 heteroatoms. The first kappa shape index (κ1) is 21.7. The van der Waals surface area contributed by atoms with Crippen LogP contribution in [0, 0.1) is 18.1 Å². The molecule has 1 saturated carbocycles. The Hall–Kier alpha value is -4.85. The van der Waals surface area contributed by atoms with Crippen LogP contribution in [0.4, 0.5) is 5.95 Å². The van der Waals surface area contributed by atoms with Gasteiger partial charge in [0.25, 0.3) is 5.95 Å². The lowest BCUT2D eigenvalue weighted by molar-refractivity contribution is -0.121. The Morgan fingerprint density at radius 1 is 1.00 bits per heavy atom. The highest BCUT2D eigenvalue weighted by Gasteiger charge is 2.28. The summed E-state index contributed by atoms with van der Waals surface area (Å²) in [7, 11) is 0. The fraction of sp³-hybridized carbons (Fsp3) is 0.240. The maximum atomic E-state index is 12.3. The minimum absolute atomic E-state index is 0.0222. The summed E-state index contributed by atoms with van der Waals surface area (Å²) in [6.07, 6.45) is 6.57. The molecule has 36 heavy (non-hydrogen) atoms. The van der Waals surface area contributed by atoms with Gasteiger partial charge in [-0.15, -0.1) is 5.10 Å². The van der Waals surface area contributed by atoms with Crippen molar-refractivity contribution in [2.75, 3.05) is 5.32 Å². The molecule has 1 aromatic carbocycles. The van der Waals surface area contributed by atoms with E-state index in [2.05, 4.69) is 58.0 Å². The van der Waals surface area contributed by atoms with E-state index in [4.69, 9.17) is 4.74 Å². The van der Waals surface area contributed by atoms with Crippen molar-refractivity contribution in [2.24, 2.45) is 5.92 Å². The van der Waals surface area contributed by atoms with Gasteiger partial charge in [0, 0.05) is 47.6 Å². The van der Waals surface area contributed by atoms with Gasteiger partial charge in [0.15, 0.2) is 0 Å². The van der Waals surface area contributed by atoms with Crippen molar-refractivity contribution in [3.05, 3.63) is 60.9 Å². The molecule has 5 aromatic rings. The number of H-pyrrole nitrogens is 2. The molecule has 0 unspecified atom stereocenters. The molecule has 6 rings (SSSR count). The molecule has 1 amide bonds. The van der Waals surface area contributed by atoms with Gasteiger partial charge in [0.2, 0.25) is 11.8 Å². The second kappa shape index (κ2) is 9.42. The van der Waals surface area contributed by atoms with Gasteiger partial charge in [-0.05, 0) is 49.1 Å². The van der Waals surface area contributed by atoms with Crippen LogP contribution in [0.25, 0.3) is 33.7 Å². The van der Waals surface area contributed by atoms with E-state index in [1.165, 1.54) is 0 Å². The summed E-state index contributed by atoms with van der Waals surface area (Å²) in [5, 5.41) is 15.9. The molecule has 0 atom stereocenters. The third-order valence-corrected chi connectivity index (χ3v) is 6.25. The number of rotatable bonds is 6. The summed E-state index contributed by atoms with van der Waals surface area (Å²) < 4.78 is 6.07. The quantitative estimate of drug-likeness (QED) is 0.336. The number of hydrogen-bond acceptors (Lipinski definition) is 8. The number of carbonyl (C=O) groups is 1. The number of nitrogens with zero attached hydrogens (tertiary/aromatic N) is 6. The van der Waals surface area contributed by atoms with E-state index in [0.29, 0.717) is 5.88 Å². The molecule has 1 aliphatic carbocycles. The number of amides is 1. The average Bonchev–Trinajstić information content (AvgIpc) is 3.60. The number of ether oxygens (including phenoxy) is 1. The monoisotopic (exact) mass is 479 g/mol. The van der Waals surface area contributed by atoms with Gasteiger partial charge in [-0.2, -0.15) is 5.21 Å². The zero-order valence-corrected chi connectivity index (χ0v) is 19.1. The number of fused-ring (bicyclic) bond motifs is 1. The van der Waals surface area contributed by atoms with Crippen molar-refractivity contribution in [1.29, 1.82) is 0 Å². The molecule has 4 aromatic heterocycles. The van der Waals surface area contributed by atoms with E-state index in [-0.39, 0.29) is 23.9 Å². The molecule has 0 saturated heterocycles. The Morgan fingerprint density at radius 2 is 1.83 bits per heavy atom. The maximum absolute atomic E-state index is 12.3. The molecule has 178 valence electrons. The van der Waals surface area contributed by atoms with Crippen LogP contribution in [0.2, 0.25) is 0 Å². The van der Waals surface area contributed by atoms with E-state index in [9.17, 15) is 4.79 Å². The minimum Gasteiger partial charge on any atom is -0.474 e. The van der Waals surface area contributed by atoms with E-state index in [0.717, 1.165) is 59.4 Å². The summed E-state index contributed by atoms with van der Waals surface area (Å²) in [6.45, 7) is 0. The summed E-state index contributed by atoms with van der Waals surface area (Å²) in [4.78, 5) is 29.2. The Balaban J connectivity index is 1.04. The second-order valence-corrected chi connectivity index (χ2v) is 8.60. The zero-order valence-electron chi connectivity index (χ0n) is 19.1. The molecule has 0 spiro atoms. The standard InChI is InChI=1S/C25H21N9O2/c35-24(30-25-31-33-34-32-25)15-5-9-18(10-6-15)36-22-12-8-16(13-27-22)19-11-7-17(14-26-19)23-28-20-3-1-2-4-21(20)29-23/h3-4,7-8,11-15,18H,5-6,9-10H2,(H,28,29)(H2,30,31,32,33,34,35). The van der Waals surface area contributed by atoms with Crippen LogP contribution in [-0.2, 0) is 4.79 Å². The van der Waals surface area contributed by atoms with E-state index in [1.54, 1.807) is 18.5 Å². The van der Waals surface area contributed by atoms with E-state index >= 15 is 0 Å². The smallest absolute Gasteiger partial charge is 0.269 e. The summed E-state index contributed by atoms with van der Waals surface area (Å²) >= 11 is 0. The Labute approximate surface area is 205 Å². The van der Waals surface area contributed by atoms with E-state index < -0.39 is 0 Å². The molecule has 1 fully saturated rings. The SMILES string of the molecule is O=C(Nc1nn[nH]n1)C1CCC(Oc2ccc(-c3ccc(-c4nc5cc#ccc5[nH]4)cn3)cn2)CC1. The predicted molar refractivity (Wildman–Crippen MR) is 129 cm³/mol. The van der Waals surface area contributed by atoms with Gasteiger partial charge in [0.05, 0.1) is 16.7 Å². The third-order valence-electron chi connectivity index (χ3n) is 6.25. The molecule has 4 heterocycles. The van der Waals surface area contributed by atoms with Crippen molar-refractivity contribution in [1.82, 2.24) is 40.6 Å². The second-order valence-electron chi connectivity index (χ2n) is 8.60. The first-order valence-electron chi connectivity index (χ1n) is 11.6. The van der Waals surface area contributed by atoms with Crippen molar-refractivity contribution in [2.45, 2.75) is 31.8 Å². The van der Waals surface area contributed by atoms with Crippen molar-refractivity contribution >= 4 is 22.9 Å². The fourth-order valence-corrected chi connectivity index (χ4v) is 4.33. The molecule has 0 aliphatic heterocycles. The molecular formula is C25H21N9O2. The minimum atomic E-state index is -0.0936. The Kier molecular flexibility index (Phi) is 5.67. The fourth-order valence-electron chi connectivity index (χ4n) is 4.33. The van der Waals surface area contributed by atoms with Gasteiger partial charge in [-0.3, -0.25) is 15.1 Å². The molecule has 11 nitrogen and oxygen atoms in total. The van der Waals surface area contributed by atoms with Gasteiger partial charge in [-0.25, -0.2) is 9.97 Å². The van der Waals surface area contributed by atoms with Gasteiger partial charge >= 0.3 is 0 Å². The van der Waals surface area contributed by atoms with Crippen molar-refractivity contribution < 1.29 is 9.53 Å². The van der Waals surface area contributed by atoms with Gasteiger partial charge in [-0.1, -0.05) is 17.2 Å². The van der Waals surface area contributed by atoms with Crippen molar-refractivity contribution in [3.8, 4) is 28.5 Å². The number of tetrazole rings is 1. The molecule has 0 bridgehead atoms. The number of imidazole rings is 1. The molecule has 1 aliphatic rings. The third kappa shape index (κ3) is 4.56. The number of nitrogens with one attached hydrogen (secondary N) is 3. The van der Waals surface area contributed by atoms with Crippen LogP contribution >= 0.6 is 0 Å². The average molecular weight is 480 g/mol. The normalized spacial score (nSPS) is 17.4. The number of aromatic nitrogens is 8. The molecular weight excluding hydrogens is 458 g/mol. The highest BCUT2D eigenvalue weighted by atomic mass is 16.5.